The van der Waals surface area contributed by atoms with Crippen molar-refractivity contribution in [3.63, 3.8) is 0 Å². The van der Waals surface area contributed by atoms with Crippen LogP contribution in [0.5, 0.6) is 0 Å². The lowest BCUT2D eigenvalue weighted by Gasteiger charge is -2.32. The van der Waals surface area contributed by atoms with Crippen LogP contribution in [0.25, 0.3) is 0 Å². The second kappa shape index (κ2) is 7.96. The van der Waals surface area contributed by atoms with Crippen molar-refractivity contribution in [3.8, 4) is 0 Å². The zero-order valence-corrected chi connectivity index (χ0v) is 15.2. The molecule has 0 saturated carbocycles. The van der Waals surface area contributed by atoms with Crippen LogP contribution in [0, 0.1) is 6.92 Å². The van der Waals surface area contributed by atoms with Gasteiger partial charge in [0.25, 0.3) is 0 Å². The van der Waals surface area contributed by atoms with E-state index in [4.69, 9.17) is 0 Å². The number of esters is 1. The molecule has 3 N–H and O–H groups in total. The molecule has 2 aromatic carbocycles. The molecule has 0 heterocycles. The van der Waals surface area contributed by atoms with E-state index in [1.807, 2.05) is 6.92 Å². The number of benzene rings is 2. The highest BCUT2D eigenvalue weighted by Gasteiger charge is 2.47. The topological polar surface area (TPSA) is 113 Å². The van der Waals surface area contributed by atoms with Crippen LogP contribution >= 0.6 is 0 Å². The molecule has 0 saturated heterocycles. The van der Waals surface area contributed by atoms with E-state index in [9.17, 15) is 23.4 Å². The van der Waals surface area contributed by atoms with Gasteiger partial charge in [-0.2, -0.15) is 0 Å². The second-order valence-corrected chi connectivity index (χ2v) is 7.57. The van der Waals surface area contributed by atoms with Crippen LogP contribution < -0.4 is 4.72 Å². The number of methoxy groups -OCH3 is 1. The first kappa shape index (κ1) is 20.1. The van der Waals surface area contributed by atoms with Gasteiger partial charge >= 0.3 is 5.97 Å². The fourth-order valence-corrected chi connectivity index (χ4v) is 3.75. The lowest BCUT2D eigenvalue weighted by Crippen LogP contribution is -2.54. The number of aryl methyl sites for hydroxylation is 1. The summed E-state index contributed by atoms with van der Waals surface area (Å²) in [6.45, 7) is 0.786. The number of ether oxygens (including phenoxy) is 1. The number of hydrogen-bond acceptors (Lipinski definition) is 6. The lowest BCUT2D eigenvalue weighted by molar-refractivity contribution is -0.170. The smallest absolute Gasteiger partial charge is 0.342 e. The van der Waals surface area contributed by atoms with Gasteiger partial charge in [0, 0.05) is 0 Å². The maximum atomic E-state index is 12.7. The second-order valence-electron chi connectivity index (χ2n) is 5.85. The van der Waals surface area contributed by atoms with Crippen molar-refractivity contribution >= 4 is 16.0 Å². The number of aliphatic hydroxyl groups is 2. The summed E-state index contributed by atoms with van der Waals surface area (Å²) in [7, 11) is -3.05. The maximum Gasteiger partial charge on any atom is 0.342 e. The molecule has 0 amide bonds. The first-order chi connectivity index (χ1) is 12.2. The Balaban J connectivity index is 2.51. The molecule has 7 nitrogen and oxygen atoms in total. The molecule has 0 radical (unpaired) electrons. The molecule has 140 valence electrons. The van der Waals surface area contributed by atoms with Gasteiger partial charge in [-0.1, -0.05) is 48.0 Å². The Bertz CT molecular complexity index is 851. The van der Waals surface area contributed by atoms with Gasteiger partial charge in [0.05, 0.1) is 24.7 Å². The summed E-state index contributed by atoms with van der Waals surface area (Å²) in [5.74, 6) is -1.15. The van der Waals surface area contributed by atoms with Crippen LogP contribution in [0.3, 0.4) is 0 Å². The first-order valence-electron chi connectivity index (χ1n) is 7.80. The molecule has 0 aliphatic carbocycles. The minimum Gasteiger partial charge on any atom is -0.467 e. The van der Waals surface area contributed by atoms with Crippen LogP contribution in [0.2, 0.25) is 0 Å². The molecule has 2 atom stereocenters. The van der Waals surface area contributed by atoms with Crippen LogP contribution in [-0.4, -0.2) is 43.9 Å². The molecule has 0 fully saturated rings. The Hall–Kier alpha value is -2.26. The van der Waals surface area contributed by atoms with E-state index in [2.05, 4.69) is 9.46 Å². The molecule has 0 aliphatic heterocycles. The summed E-state index contributed by atoms with van der Waals surface area (Å²) >= 11 is 0. The third-order valence-electron chi connectivity index (χ3n) is 3.99. The lowest BCUT2D eigenvalue weighted by atomic mass is 9.90. The van der Waals surface area contributed by atoms with Crippen LogP contribution in [0.1, 0.15) is 17.2 Å². The Labute approximate surface area is 152 Å². The van der Waals surface area contributed by atoms with Gasteiger partial charge in [-0.25, -0.2) is 17.9 Å². The zero-order valence-electron chi connectivity index (χ0n) is 14.4. The van der Waals surface area contributed by atoms with Gasteiger partial charge in [0.1, 0.15) is 0 Å². The van der Waals surface area contributed by atoms with Crippen molar-refractivity contribution in [3.05, 3.63) is 65.7 Å². The SMILES string of the molecule is COC(=O)C(O)(CO)C(NS(=O)(=O)c1ccc(C)cc1)c1ccccc1. The Kier molecular flexibility index (Phi) is 6.14. The van der Waals surface area contributed by atoms with Gasteiger partial charge in [0.2, 0.25) is 15.6 Å². The molecule has 8 heteroatoms. The predicted molar refractivity (Wildman–Crippen MR) is 94.7 cm³/mol. The summed E-state index contributed by atoms with van der Waals surface area (Å²) in [6, 6.07) is 12.6. The third-order valence-corrected chi connectivity index (χ3v) is 5.43. The molecule has 0 spiro atoms. The highest BCUT2D eigenvalue weighted by Crippen LogP contribution is 2.29. The number of carbonyl (C=O) groups is 1. The van der Waals surface area contributed by atoms with E-state index in [1.54, 1.807) is 30.3 Å². The van der Waals surface area contributed by atoms with E-state index in [-0.39, 0.29) is 4.90 Å². The highest BCUT2D eigenvalue weighted by molar-refractivity contribution is 7.89. The zero-order chi connectivity index (χ0) is 19.4. The fraction of sp³-hybridized carbons (Fsp3) is 0.278. The number of sulfonamides is 1. The van der Waals surface area contributed by atoms with Gasteiger partial charge in [-0.15, -0.1) is 0 Å². The van der Waals surface area contributed by atoms with Gasteiger partial charge in [-0.3, -0.25) is 0 Å². The summed E-state index contributed by atoms with van der Waals surface area (Å²) in [4.78, 5) is 12.0. The largest absolute Gasteiger partial charge is 0.467 e. The van der Waals surface area contributed by atoms with Gasteiger partial charge in [-0.05, 0) is 24.6 Å². The molecule has 2 aromatic rings. The summed E-state index contributed by atoms with van der Waals surface area (Å²) in [6.07, 6.45) is 0. The summed E-state index contributed by atoms with van der Waals surface area (Å²) in [5.41, 5.74) is -1.32. The molecule has 26 heavy (non-hydrogen) atoms. The minimum absolute atomic E-state index is 0.0332. The molecule has 0 aromatic heterocycles. The summed E-state index contributed by atoms with van der Waals surface area (Å²) in [5, 5.41) is 20.3. The van der Waals surface area contributed by atoms with Crippen molar-refractivity contribution in [2.45, 2.75) is 23.5 Å². The number of aliphatic hydroxyl groups excluding tert-OH is 1. The Morgan fingerprint density at radius 1 is 1.15 bits per heavy atom. The molecule has 0 aliphatic rings. The maximum absolute atomic E-state index is 12.7. The number of carbonyl (C=O) groups excluding carboxylic acids is 1. The minimum atomic E-state index is -4.09. The van der Waals surface area contributed by atoms with Crippen LogP contribution in [0.4, 0.5) is 0 Å². The van der Waals surface area contributed by atoms with Crippen LogP contribution in [0.15, 0.2) is 59.5 Å². The van der Waals surface area contributed by atoms with E-state index in [1.165, 1.54) is 24.3 Å². The molecule has 0 bridgehead atoms. The normalized spacial score (nSPS) is 15.1. The Morgan fingerprint density at radius 3 is 2.23 bits per heavy atom. The van der Waals surface area contributed by atoms with E-state index < -0.39 is 34.2 Å². The third kappa shape index (κ3) is 4.10. The number of rotatable bonds is 7. The van der Waals surface area contributed by atoms with Crippen molar-refractivity contribution in [1.82, 2.24) is 4.72 Å². The van der Waals surface area contributed by atoms with Crippen LogP contribution in [-0.2, 0) is 19.6 Å². The summed E-state index contributed by atoms with van der Waals surface area (Å²) < 4.78 is 32.4. The Morgan fingerprint density at radius 2 is 1.73 bits per heavy atom. The molecule has 2 rings (SSSR count). The van der Waals surface area contributed by atoms with Gasteiger partial charge < -0.3 is 14.9 Å². The number of hydrogen-bond donors (Lipinski definition) is 3. The fourth-order valence-electron chi connectivity index (χ4n) is 2.48. The van der Waals surface area contributed by atoms with Crippen molar-refractivity contribution < 1.29 is 28.2 Å². The van der Waals surface area contributed by atoms with Crippen molar-refractivity contribution in [2.75, 3.05) is 13.7 Å². The molecular formula is C18H21NO6S. The van der Waals surface area contributed by atoms with Gasteiger partial charge in [0.15, 0.2) is 0 Å². The van der Waals surface area contributed by atoms with E-state index in [0.717, 1.165) is 12.7 Å². The predicted octanol–water partition coefficient (Wildman–Crippen LogP) is 0.911. The quantitative estimate of drug-likeness (QED) is 0.617. The standard InChI is InChI=1S/C18H21NO6S/c1-13-8-10-15(11-9-13)26(23,24)19-16(14-6-4-3-5-7-14)18(22,12-20)17(21)25-2/h3-11,16,19-20,22H,12H2,1-2H3. The number of nitrogens with one attached hydrogen (secondary N) is 1. The monoisotopic (exact) mass is 379 g/mol. The highest BCUT2D eigenvalue weighted by atomic mass is 32.2. The molecular weight excluding hydrogens is 358 g/mol. The molecule has 2 unspecified atom stereocenters. The van der Waals surface area contributed by atoms with Crippen molar-refractivity contribution in [1.29, 1.82) is 0 Å². The van der Waals surface area contributed by atoms with E-state index >= 15 is 0 Å². The van der Waals surface area contributed by atoms with Crippen molar-refractivity contribution in [2.24, 2.45) is 0 Å². The average Bonchev–Trinajstić information content (AvgIpc) is 2.66. The first-order valence-corrected chi connectivity index (χ1v) is 9.28. The van der Waals surface area contributed by atoms with E-state index in [0.29, 0.717) is 5.56 Å². The average molecular weight is 379 g/mol.